The molecule has 1 unspecified atom stereocenters. The maximum Gasteiger partial charge on any atom is 0.242 e. The molecule has 1 heterocycles. The lowest BCUT2D eigenvalue weighted by atomic mass is 10.2. The first-order valence-corrected chi connectivity index (χ1v) is 8.43. The Balaban J connectivity index is 1.95. The zero-order valence-electron chi connectivity index (χ0n) is 11.8. The van der Waals surface area contributed by atoms with E-state index < -0.39 is 9.84 Å². The number of benzene rings is 1. The third-order valence-electron chi connectivity index (χ3n) is 3.72. The lowest BCUT2D eigenvalue weighted by Gasteiger charge is -2.27. The zero-order chi connectivity index (χ0) is 14.8. The third kappa shape index (κ3) is 3.50. The molecular weight excluding hydrogens is 276 g/mol. The molecule has 1 saturated heterocycles. The van der Waals surface area contributed by atoms with Gasteiger partial charge in [0.15, 0.2) is 9.84 Å². The molecule has 1 amide bonds. The summed E-state index contributed by atoms with van der Waals surface area (Å²) in [4.78, 5) is 15.7. The van der Waals surface area contributed by atoms with E-state index in [-0.39, 0.29) is 30.0 Å². The molecule has 0 bridgehead atoms. The van der Waals surface area contributed by atoms with Gasteiger partial charge in [-0.05, 0) is 18.6 Å². The van der Waals surface area contributed by atoms with Gasteiger partial charge in [0.05, 0.1) is 18.1 Å². The van der Waals surface area contributed by atoms with Crippen LogP contribution in [0.15, 0.2) is 30.3 Å². The molecule has 20 heavy (non-hydrogen) atoms. The maximum atomic E-state index is 12.2. The van der Waals surface area contributed by atoms with Crippen molar-refractivity contribution < 1.29 is 13.2 Å². The Morgan fingerprint density at radius 1 is 1.25 bits per heavy atom. The van der Waals surface area contributed by atoms with Crippen LogP contribution in [0.1, 0.15) is 6.42 Å². The summed E-state index contributed by atoms with van der Waals surface area (Å²) in [6.45, 7) is 0.247. The van der Waals surface area contributed by atoms with Gasteiger partial charge in [0, 0.05) is 25.8 Å². The fraction of sp³-hybridized carbons (Fsp3) is 0.500. The van der Waals surface area contributed by atoms with Crippen LogP contribution in [0.4, 0.5) is 5.69 Å². The van der Waals surface area contributed by atoms with Gasteiger partial charge in [-0.2, -0.15) is 0 Å². The van der Waals surface area contributed by atoms with Crippen molar-refractivity contribution in [1.29, 1.82) is 0 Å². The Kier molecular flexibility index (Phi) is 4.32. The minimum Gasteiger partial charge on any atom is -0.365 e. The van der Waals surface area contributed by atoms with E-state index in [1.807, 2.05) is 42.3 Å². The van der Waals surface area contributed by atoms with Crippen molar-refractivity contribution in [3.63, 3.8) is 0 Å². The highest BCUT2D eigenvalue weighted by molar-refractivity contribution is 7.91. The monoisotopic (exact) mass is 296 g/mol. The number of rotatable bonds is 4. The van der Waals surface area contributed by atoms with Gasteiger partial charge in [0.2, 0.25) is 5.91 Å². The second-order valence-corrected chi connectivity index (χ2v) is 7.48. The molecule has 5 nitrogen and oxygen atoms in total. The maximum absolute atomic E-state index is 12.2. The number of hydrogen-bond donors (Lipinski definition) is 0. The minimum absolute atomic E-state index is 0.0570. The molecule has 1 aromatic rings. The first kappa shape index (κ1) is 14.8. The molecule has 1 aliphatic heterocycles. The van der Waals surface area contributed by atoms with Crippen molar-refractivity contribution in [3.8, 4) is 0 Å². The smallest absolute Gasteiger partial charge is 0.242 e. The molecule has 6 heteroatoms. The number of anilines is 1. The summed E-state index contributed by atoms with van der Waals surface area (Å²) in [6, 6.07) is 9.46. The van der Waals surface area contributed by atoms with Crippen LogP contribution in [0.5, 0.6) is 0 Å². The molecule has 0 saturated carbocycles. The number of carbonyl (C=O) groups excluding carboxylic acids is 1. The number of para-hydroxylation sites is 1. The number of amides is 1. The van der Waals surface area contributed by atoms with Crippen LogP contribution in [0.25, 0.3) is 0 Å². The topological polar surface area (TPSA) is 57.7 Å². The second-order valence-electron chi connectivity index (χ2n) is 5.25. The van der Waals surface area contributed by atoms with Gasteiger partial charge < -0.3 is 9.80 Å². The van der Waals surface area contributed by atoms with Crippen molar-refractivity contribution in [2.24, 2.45) is 0 Å². The summed E-state index contributed by atoms with van der Waals surface area (Å²) >= 11 is 0. The van der Waals surface area contributed by atoms with Crippen LogP contribution in [0.2, 0.25) is 0 Å². The Bertz CT molecular complexity index is 571. The predicted molar refractivity (Wildman–Crippen MR) is 79.5 cm³/mol. The molecule has 0 radical (unpaired) electrons. The molecule has 1 fully saturated rings. The van der Waals surface area contributed by atoms with Crippen LogP contribution < -0.4 is 4.90 Å². The molecule has 1 atom stereocenters. The van der Waals surface area contributed by atoms with Gasteiger partial charge in [-0.1, -0.05) is 18.2 Å². The standard InChI is InChI=1S/C14H20N2O3S/c1-15(12-6-4-3-5-7-12)10-14(17)16(2)13-8-9-20(18,19)11-13/h3-7,13H,8-11H2,1-2H3. The fourth-order valence-electron chi connectivity index (χ4n) is 2.37. The van der Waals surface area contributed by atoms with Gasteiger partial charge in [0.25, 0.3) is 0 Å². The molecule has 1 aromatic carbocycles. The van der Waals surface area contributed by atoms with E-state index in [4.69, 9.17) is 0 Å². The number of carbonyl (C=O) groups is 1. The van der Waals surface area contributed by atoms with E-state index >= 15 is 0 Å². The molecule has 110 valence electrons. The van der Waals surface area contributed by atoms with Gasteiger partial charge in [-0.25, -0.2) is 8.42 Å². The van der Waals surface area contributed by atoms with Crippen LogP contribution in [-0.4, -0.2) is 57.4 Å². The van der Waals surface area contributed by atoms with Gasteiger partial charge in [0.1, 0.15) is 0 Å². The van der Waals surface area contributed by atoms with E-state index in [2.05, 4.69) is 0 Å². The SMILES string of the molecule is CN(CC(=O)N(C)C1CCS(=O)(=O)C1)c1ccccc1. The highest BCUT2D eigenvalue weighted by atomic mass is 32.2. The first-order valence-electron chi connectivity index (χ1n) is 6.61. The summed E-state index contributed by atoms with van der Waals surface area (Å²) < 4.78 is 22.9. The molecular formula is C14H20N2O3S. The van der Waals surface area contributed by atoms with Crippen LogP contribution in [0.3, 0.4) is 0 Å². The minimum atomic E-state index is -2.96. The molecule has 1 aliphatic rings. The van der Waals surface area contributed by atoms with Crippen molar-refractivity contribution >= 4 is 21.4 Å². The zero-order valence-corrected chi connectivity index (χ0v) is 12.6. The van der Waals surface area contributed by atoms with Crippen LogP contribution in [0, 0.1) is 0 Å². The van der Waals surface area contributed by atoms with E-state index in [1.165, 1.54) is 0 Å². The van der Waals surface area contributed by atoms with Gasteiger partial charge >= 0.3 is 0 Å². The number of hydrogen-bond acceptors (Lipinski definition) is 4. The quantitative estimate of drug-likeness (QED) is 0.823. The Morgan fingerprint density at radius 3 is 2.45 bits per heavy atom. The molecule has 0 aliphatic carbocycles. The van der Waals surface area contributed by atoms with Gasteiger partial charge in [-0.3, -0.25) is 4.79 Å². The van der Waals surface area contributed by atoms with E-state index in [9.17, 15) is 13.2 Å². The Labute approximate surface area is 120 Å². The van der Waals surface area contributed by atoms with Crippen LogP contribution >= 0.6 is 0 Å². The second kappa shape index (κ2) is 5.83. The number of likely N-dealkylation sites (N-methyl/N-ethyl adjacent to an activating group) is 2. The van der Waals surface area contributed by atoms with Crippen molar-refractivity contribution in [3.05, 3.63) is 30.3 Å². The predicted octanol–water partition coefficient (Wildman–Crippen LogP) is 0.768. The van der Waals surface area contributed by atoms with Crippen molar-refractivity contribution in [1.82, 2.24) is 4.90 Å². The third-order valence-corrected chi connectivity index (χ3v) is 5.47. The summed E-state index contributed by atoms with van der Waals surface area (Å²) in [5.41, 5.74) is 0.966. The van der Waals surface area contributed by atoms with E-state index in [0.717, 1.165) is 5.69 Å². The normalized spacial score (nSPS) is 20.6. The largest absolute Gasteiger partial charge is 0.365 e. The fourth-order valence-corrected chi connectivity index (χ4v) is 4.15. The summed E-state index contributed by atoms with van der Waals surface area (Å²) in [6.07, 6.45) is 0.541. The Hall–Kier alpha value is -1.56. The highest BCUT2D eigenvalue weighted by Crippen LogP contribution is 2.17. The summed E-state index contributed by atoms with van der Waals surface area (Å²) in [7, 11) is 0.579. The average molecular weight is 296 g/mol. The Morgan fingerprint density at radius 2 is 1.90 bits per heavy atom. The lowest BCUT2D eigenvalue weighted by molar-refractivity contribution is -0.130. The van der Waals surface area contributed by atoms with E-state index in [1.54, 1.807) is 11.9 Å². The van der Waals surface area contributed by atoms with Gasteiger partial charge in [-0.15, -0.1) is 0 Å². The summed E-state index contributed by atoms with van der Waals surface area (Å²) in [5, 5.41) is 0. The molecule has 2 rings (SSSR count). The number of sulfone groups is 1. The first-order chi connectivity index (χ1) is 9.39. The lowest BCUT2D eigenvalue weighted by Crippen LogP contribution is -2.43. The van der Waals surface area contributed by atoms with Crippen molar-refractivity contribution in [2.75, 3.05) is 37.0 Å². The average Bonchev–Trinajstić information content (AvgIpc) is 2.79. The number of nitrogens with zero attached hydrogens (tertiary/aromatic N) is 2. The summed E-state index contributed by atoms with van der Waals surface area (Å²) in [5.74, 6) is 0.215. The van der Waals surface area contributed by atoms with Crippen molar-refractivity contribution in [2.45, 2.75) is 12.5 Å². The van der Waals surface area contributed by atoms with Crippen LogP contribution in [-0.2, 0) is 14.6 Å². The molecule has 0 aromatic heterocycles. The highest BCUT2D eigenvalue weighted by Gasteiger charge is 2.32. The van der Waals surface area contributed by atoms with E-state index in [0.29, 0.717) is 6.42 Å². The molecule has 0 spiro atoms. The molecule has 0 N–H and O–H groups in total.